The molecule has 1 aromatic carbocycles. The molecule has 0 bridgehead atoms. The van der Waals surface area contributed by atoms with Crippen molar-refractivity contribution >= 4 is 5.97 Å². The monoisotopic (exact) mass is 179 g/mol. The van der Waals surface area contributed by atoms with Crippen molar-refractivity contribution in [2.45, 2.75) is 19.4 Å². The van der Waals surface area contributed by atoms with Gasteiger partial charge in [0, 0.05) is 18.0 Å². The van der Waals surface area contributed by atoms with E-state index in [1.54, 1.807) is 0 Å². The van der Waals surface area contributed by atoms with Gasteiger partial charge in [-0.05, 0) is 6.92 Å². The zero-order valence-electron chi connectivity index (χ0n) is 7.62. The van der Waals surface area contributed by atoms with E-state index in [1.165, 1.54) is 0 Å². The van der Waals surface area contributed by atoms with Gasteiger partial charge in [0.05, 0.1) is 0 Å². The molecule has 0 aliphatic rings. The van der Waals surface area contributed by atoms with E-state index in [-0.39, 0.29) is 12.5 Å². The lowest BCUT2D eigenvalue weighted by Crippen LogP contribution is -2.55. The van der Waals surface area contributed by atoms with Crippen LogP contribution in [-0.4, -0.2) is 5.97 Å². The number of rotatable bonds is 3. The Morgan fingerprint density at radius 1 is 1.62 bits per heavy atom. The number of aliphatic carboxylic acids is 1. The molecule has 0 fully saturated rings. The highest BCUT2D eigenvalue weighted by molar-refractivity contribution is 5.65. The Kier molecular flexibility index (Phi) is 3.03. The van der Waals surface area contributed by atoms with Crippen molar-refractivity contribution in [1.29, 1.82) is 0 Å². The quantitative estimate of drug-likeness (QED) is 0.674. The van der Waals surface area contributed by atoms with E-state index in [9.17, 15) is 9.90 Å². The maximum Gasteiger partial charge on any atom is 0.115 e. The van der Waals surface area contributed by atoms with E-state index in [2.05, 4.69) is 5.73 Å². The third kappa shape index (κ3) is 2.87. The highest BCUT2D eigenvalue weighted by atomic mass is 16.4. The van der Waals surface area contributed by atoms with Crippen molar-refractivity contribution in [2.24, 2.45) is 0 Å². The molecule has 0 heterocycles. The van der Waals surface area contributed by atoms with E-state index < -0.39 is 5.97 Å². The Bertz CT molecular complexity index is 310. The maximum absolute atomic E-state index is 10.3. The second kappa shape index (κ2) is 4.05. The van der Waals surface area contributed by atoms with Crippen LogP contribution in [0.3, 0.4) is 0 Å². The van der Waals surface area contributed by atoms with E-state index in [1.807, 2.05) is 31.2 Å². The number of hydrogen-bond donors (Lipinski definition) is 1. The van der Waals surface area contributed by atoms with Gasteiger partial charge in [-0.2, -0.15) is 0 Å². The van der Waals surface area contributed by atoms with Crippen LogP contribution in [0.25, 0.3) is 0 Å². The molecule has 0 aliphatic carbocycles. The first-order chi connectivity index (χ1) is 6.09. The van der Waals surface area contributed by atoms with Crippen LogP contribution in [0.15, 0.2) is 24.3 Å². The molecular formula is C10H13NO2. The molecule has 0 aromatic heterocycles. The van der Waals surface area contributed by atoms with Gasteiger partial charge in [0.15, 0.2) is 0 Å². The SMILES string of the molecule is Cc1cccc([C@@H]([NH3+])CC(=O)[O-])c1. The summed E-state index contributed by atoms with van der Waals surface area (Å²) in [5.41, 5.74) is 5.83. The first-order valence-electron chi connectivity index (χ1n) is 4.19. The van der Waals surface area contributed by atoms with Crippen LogP contribution in [0, 0.1) is 6.92 Å². The summed E-state index contributed by atoms with van der Waals surface area (Å²) < 4.78 is 0. The molecule has 3 nitrogen and oxygen atoms in total. The number of carbonyl (C=O) groups excluding carboxylic acids is 1. The van der Waals surface area contributed by atoms with Crippen molar-refractivity contribution in [3.05, 3.63) is 35.4 Å². The number of quaternary nitrogens is 1. The molecule has 0 unspecified atom stereocenters. The lowest BCUT2D eigenvalue weighted by molar-refractivity contribution is -0.430. The van der Waals surface area contributed by atoms with Gasteiger partial charge in [-0.3, -0.25) is 0 Å². The Morgan fingerprint density at radius 2 is 2.31 bits per heavy atom. The molecule has 0 radical (unpaired) electrons. The largest absolute Gasteiger partial charge is 0.550 e. The predicted octanol–water partition coefficient (Wildman–Crippen LogP) is -0.582. The van der Waals surface area contributed by atoms with Crippen molar-refractivity contribution in [2.75, 3.05) is 0 Å². The van der Waals surface area contributed by atoms with Crippen LogP contribution in [0.1, 0.15) is 23.6 Å². The third-order valence-electron chi connectivity index (χ3n) is 1.93. The fraction of sp³-hybridized carbons (Fsp3) is 0.300. The standard InChI is InChI=1S/C10H13NO2/c1-7-3-2-4-8(5-7)9(11)6-10(12)13/h2-5,9H,6,11H2,1H3,(H,12,13)/t9-/m0/s1. The van der Waals surface area contributed by atoms with E-state index in [0.717, 1.165) is 11.1 Å². The average molecular weight is 179 g/mol. The van der Waals surface area contributed by atoms with Crippen LogP contribution in [0.2, 0.25) is 0 Å². The summed E-state index contributed by atoms with van der Waals surface area (Å²) in [5.74, 6) is -1.05. The molecule has 1 aromatic rings. The average Bonchev–Trinajstić information content (AvgIpc) is 2.03. The fourth-order valence-electron chi connectivity index (χ4n) is 1.24. The molecule has 0 saturated heterocycles. The van der Waals surface area contributed by atoms with Crippen molar-refractivity contribution in [1.82, 2.24) is 0 Å². The molecular weight excluding hydrogens is 166 g/mol. The second-order valence-corrected chi connectivity index (χ2v) is 3.19. The lowest BCUT2D eigenvalue weighted by Gasteiger charge is -2.09. The predicted molar refractivity (Wildman–Crippen MR) is 46.4 cm³/mol. The molecule has 3 N–H and O–H groups in total. The molecule has 13 heavy (non-hydrogen) atoms. The Morgan fingerprint density at radius 3 is 2.85 bits per heavy atom. The van der Waals surface area contributed by atoms with Gasteiger partial charge in [-0.15, -0.1) is 0 Å². The molecule has 0 aliphatic heterocycles. The maximum atomic E-state index is 10.3. The van der Waals surface area contributed by atoms with Gasteiger partial charge in [0.2, 0.25) is 0 Å². The van der Waals surface area contributed by atoms with Gasteiger partial charge >= 0.3 is 0 Å². The van der Waals surface area contributed by atoms with Crippen LogP contribution in [0.5, 0.6) is 0 Å². The lowest BCUT2D eigenvalue weighted by atomic mass is 10.0. The summed E-state index contributed by atoms with van der Waals surface area (Å²) in [6, 6.07) is 7.48. The zero-order chi connectivity index (χ0) is 9.84. The highest BCUT2D eigenvalue weighted by Crippen LogP contribution is 2.12. The number of carboxylic acid groups (broad SMARTS) is 1. The third-order valence-corrected chi connectivity index (χ3v) is 1.93. The normalized spacial score (nSPS) is 12.5. The molecule has 0 spiro atoms. The summed E-state index contributed by atoms with van der Waals surface area (Å²) >= 11 is 0. The summed E-state index contributed by atoms with van der Waals surface area (Å²) in [4.78, 5) is 10.3. The van der Waals surface area contributed by atoms with Crippen molar-refractivity contribution < 1.29 is 15.6 Å². The number of carboxylic acids is 1. The zero-order valence-corrected chi connectivity index (χ0v) is 7.62. The molecule has 70 valence electrons. The first kappa shape index (κ1) is 9.74. The summed E-state index contributed by atoms with van der Waals surface area (Å²) in [5, 5.41) is 10.3. The minimum absolute atomic E-state index is 0.0244. The number of carbonyl (C=O) groups is 1. The molecule has 0 saturated carbocycles. The van der Waals surface area contributed by atoms with Gasteiger partial charge in [-0.1, -0.05) is 29.8 Å². The van der Waals surface area contributed by atoms with Gasteiger partial charge < -0.3 is 15.6 Å². The van der Waals surface area contributed by atoms with Crippen LogP contribution in [-0.2, 0) is 4.79 Å². The minimum Gasteiger partial charge on any atom is -0.550 e. The van der Waals surface area contributed by atoms with Gasteiger partial charge in [-0.25, -0.2) is 0 Å². The van der Waals surface area contributed by atoms with E-state index in [4.69, 9.17) is 0 Å². The topological polar surface area (TPSA) is 67.8 Å². The second-order valence-electron chi connectivity index (χ2n) is 3.19. The van der Waals surface area contributed by atoms with Crippen LogP contribution in [0.4, 0.5) is 0 Å². The van der Waals surface area contributed by atoms with Crippen LogP contribution < -0.4 is 10.8 Å². The summed E-state index contributed by atoms with van der Waals surface area (Å²) in [6.07, 6.45) is -0.0244. The highest BCUT2D eigenvalue weighted by Gasteiger charge is 2.09. The molecule has 0 amide bonds. The molecule has 1 rings (SSSR count). The van der Waals surface area contributed by atoms with Crippen molar-refractivity contribution in [3.63, 3.8) is 0 Å². The Balaban J connectivity index is 2.76. The summed E-state index contributed by atoms with van der Waals surface area (Å²) in [6.45, 7) is 1.97. The Labute approximate surface area is 77.2 Å². The fourth-order valence-corrected chi connectivity index (χ4v) is 1.24. The number of aryl methyl sites for hydroxylation is 1. The number of hydrogen-bond acceptors (Lipinski definition) is 2. The number of benzene rings is 1. The van der Waals surface area contributed by atoms with E-state index >= 15 is 0 Å². The van der Waals surface area contributed by atoms with E-state index in [0.29, 0.717) is 0 Å². The minimum atomic E-state index is -1.05. The molecule has 3 heteroatoms. The van der Waals surface area contributed by atoms with Gasteiger partial charge in [0.1, 0.15) is 6.04 Å². The summed E-state index contributed by atoms with van der Waals surface area (Å²) in [7, 11) is 0. The molecule has 1 atom stereocenters. The smallest absolute Gasteiger partial charge is 0.115 e. The Hall–Kier alpha value is -1.35. The van der Waals surface area contributed by atoms with Crippen LogP contribution >= 0.6 is 0 Å². The van der Waals surface area contributed by atoms with Crippen molar-refractivity contribution in [3.8, 4) is 0 Å². The first-order valence-corrected chi connectivity index (χ1v) is 4.19. The van der Waals surface area contributed by atoms with Gasteiger partial charge in [0.25, 0.3) is 0 Å².